The molecule has 4 nitrogen and oxygen atoms in total. The molecule has 0 saturated heterocycles. The molecule has 198 valence electrons. The predicted molar refractivity (Wildman–Crippen MR) is 138 cm³/mol. The number of amides is 1. The van der Waals surface area contributed by atoms with Crippen LogP contribution in [0.15, 0.2) is 66.7 Å². The zero-order valence-electron chi connectivity index (χ0n) is 21.0. The van der Waals surface area contributed by atoms with Gasteiger partial charge in [-0.1, -0.05) is 51.3 Å². The predicted octanol–water partition coefficient (Wildman–Crippen LogP) is 8.71. The summed E-state index contributed by atoms with van der Waals surface area (Å²) in [5.74, 6) is 0.0217. The van der Waals surface area contributed by atoms with Gasteiger partial charge >= 0.3 is 6.18 Å². The van der Waals surface area contributed by atoms with Gasteiger partial charge in [0.2, 0.25) is 5.91 Å². The van der Waals surface area contributed by atoms with Crippen LogP contribution in [0.1, 0.15) is 57.1 Å². The first kappa shape index (κ1) is 28.0. The van der Waals surface area contributed by atoms with Gasteiger partial charge in [0.25, 0.3) is 0 Å². The minimum atomic E-state index is -4.63. The lowest BCUT2D eigenvalue weighted by Crippen LogP contribution is -2.13. The maximum atomic E-state index is 13.8. The van der Waals surface area contributed by atoms with Crippen molar-refractivity contribution in [2.75, 3.05) is 10.6 Å². The van der Waals surface area contributed by atoms with Crippen LogP contribution >= 0.6 is 0 Å². The van der Waals surface area contributed by atoms with Crippen molar-refractivity contribution in [1.29, 1.82) is 0 Å². The molecule has 0 aliphatic rings. The Labute approximate surface area is 215 Å². The molecule has 0 radical (unpaired) electrons. The number of anilines is 3. The SMILES string of the molecule is CCCC(CC)CCC(=O)Nc1cccc(Nc2ccc(OCc3ccc(F)cc3)cc2C(F)(F)F)c1. The summed E-state index contributed by atoms with van der Waals surface area (Å²) in [6.45, 7) is 4.25. The molecule has 8 heteroatoms. The number of carbonyl (C=O) groups is 1. The number of hydrogen-bond acceptors (Lipinski definition) is 3. The van der Waals surface area contributed by atoms with Crippen LogP contribution in [0.4, 0.5) is 34.6 Å². The Balaban J connectivity index is 1.68. The quantitative estimate of drug-likeness (QED) is 0.237. The first-order valence-corrected chi connectivity index (χ1v) is 12.4. The van der Waals surface area contributed by atoms with Crippen LogP contribution in [-0.2, 0) is 17.6 Å². The second-order valence-corrected chi connectivity index (χ2v) is 8.98. The molecule has 3 aromatic carbocycles. The van der Waals surface area contributed by atoms with E-state index in [1.54, 1.807) is 24.3 Å². The zero-order valence-corrected chi connectivity index (χ0v) is 21.0. The Morgan fingerprint density at radius 3 is 2.35 bits per heavy atom. The molecule has 3 aromatic rings. The first-order valence-electron chi connectivity index (χ1n) is 12.4. The number of benzene rings is 3. The summed E-state index contributed by atoms with van der Waals surface area (Å²) in [5.41, 5.74) is 0.509. The number of carbonyl (C=O) groups excluding carboxylic acids is 1. The zero-order chi connectivity index (χ0) is 26.8. The van der Waals surface area contributed by atoms with Crippen molar-refractivity contribution >= 4 is 23.0 Å². The molecular formula is C29H32F4N2O2. The van der Waals surface area contributed by atoms with Crippen molar-refractivity contribution in [3.63, 3.8) is 0 Å². The molecule has 0 fully saturated rings. The number of hydrogen-bond donors (Lipinski definition) is 2. The lowest BCUT2D eigenvalue weighted by Gasteiger charge is -2.17. The Morgan fingerprint density at radius 1 is 0.946 bits per heavy atom. The number of alkyl halides is 3. The molecule has 1 atom stereocenters. The lowest BCUT2D eigenvalue weighted by atomic mass is 9.95. The van der Waals surface area contributed by atoms with Gasteiger partial charge in [-0.25, -0.2) is 4.39 Å². The minimum Gasteiger partial charge on any atom is -0.489 e. The molecular weight excluding hydrogens is 484 g/mol. The molecule has 2 N–H and O–H groups in total. The normalized spacial score (nSPS) is 12.2. The summed E-state index contributed by atoms with van der Waals surface area (Å²) in [6, 6.07) is 15.8. The fraction of sp³-hybridized carbons (Fsp3) is 0.345. The third-order valence-corrected chi connectivity index (χ3v) is 6.09. The van der Waals surface area contributed by atoms with E-state index in [0.29, 0.717) is 29.3 Å². The highest BCUT2D eigenvalue weighted by Gasteiger charge is 2.34. The molecule has 0 aromatic heterocycles. The van der Waals surface area contributed by atoms with Gasteiger partial charge in [-0.05, 0) is 66.4 Å². The Bertz CT molecular complexity index is 1160. The van der Waals surface area contributed by atoms with Gasteiger partial charge in [-0.3, -0.25) is 4.79 Å². The van der Waals surface area contributed by atoms with Crippen LogP contribution in [0.5, 0.6) is 5.75 Å². The van der Waals surface area contributed by atoms with Crippen LogP contribution in [0, 0.1) is 11.7 Å². The maximum absolute atomic E-state index is 13.8. The van der Waals surface area contributed by atoms with Crippen molar-refractivity contribution in [1.82, 2.24) is 0 Å². The molecule has 0 aliphatic heterocycles. The summed E-state index contributed by atoms with van der Waals surface area (Å²) in [6.07, 6.45) is -0.238. The summed E-state index contributed by atoms with van der Waals surface area (Å²) in [4.78, 5) is 12.4. The Hall–Kier alpha value is -3.55. The molecule has 1 amide bonds. The van der Waals surface area contributed by atoms with E-state index in [4.69, 9.17) is 4.74 Å². The molecule has 0 saturated carbocycles. The topological polar surface area (TPSA) is 50.4 Å². The Kier molecular flexibility index (Phi) is 9.94. The van der Waals surface area contributed by atoms with Gasteiger partial charge in [0.15, 0.2) is 0 Å². The molecule has 0 aliphatic carbocycles. The second-order valence-electron chi connectivity index (χ2n) is 8.98. The second kappa shape index (κ2) is 13.1. The standard InChI is InChI=1S/C29H32F4N2O2/c1-3-6-20(4-2)11-16-28(36)35-24-8-5-7-23(17-24)34-27-15-14-25(18-26(27)29(31,32)33)37-19-21-9-12-22(30)13-10-21/h5,7-10,12-15,17-18,20,34H,3-4,6,11,16,19H2,1-2H3,(H,35,36). The summed E-state index contributed by atoms with van der Waals surface area (Å²) >= 11 is 0. The van der Waals surface area contributed by atoms with E-state index in [0.717, 1.165) is 31.7 Å². The van der Waals surface area contributed by atoms with Crippen LogP contribution in [0.25, 0.3) is 0 Å². The van der Waals surface area contributed by atoms with E-state index in [1.807, 2.05) is 0 Å². The van der Waals surface area contributed by atoms with Gasteiger partial charge in [0.05, 0.1) is 11.3 Å². The molecule has 1 unspecified atom stereocenters. The third-order valence-electron chi connectivity index (χ3n) is 6.09. The largest absolute Gasteiger partial charge is 0.489 e. The molecule has 0 spiro atoms. The van der Waals surface area contributed by atoms with Crippen molar-refractivity contribution in [3.8, 4) is 5.75 Å². The van der Waals surface area contributed by atoms with E-state index < -0.39 is 17.6 Å². The maximum Gasteiger partial charge on any atom is 0.418 e. The van der Waals surface area contributed by atoms with Crippen LogP contribution < -0.4 is 15.4 Å². The van der Waals surface area contributed by atoms with Gasteiger partial charge in [-0.15, -0.1) is 0 Å². The van der Waals surface area contributed by atoms with Crippen LogP contribution in [-0.4, -0.2) is 5.91 Å². The van der Waals surface area contributed by atoms with E-state index in [9.17, 15) is 22.4 Å². The first-order chi connectivity index (χ1) is 17.7. The average molecular weight is 517 g/mol. The van der Waals surface area contributed by atoms with E-state index in [2.05, 4.69) is 24.5 Å². The fourth-order valence-electron chi connectivity index (χ4n) is 4.05. The van der Waals surface area contributed by atoms with Crippen molar-refractivity contribution in [2.24, 2.45) is 5.92 Å². The van der Waals surface area contributed by atoms with Crippen molar-refractivity contribution in [2.45, 2.75) is 58.7 Å². The molecule has 3 rings (SSSR count). The van der Waals surface area contributed by atoms with E-state index in [-0.39, 0.29) is 24.0 Å². The lowest BCUT2D eigenvalue weighted by molar-refractivity contribution is -0.137. The number of rotatable bonds is 12. The summed E-state index contributed by atoms with van der Waals surface area (Å²) < 4.78 is 60.0. The third kappa shape index (κ3) is 8.81. The van der Waals surface area contributed by atoms with Crippen LogP contribution in [0.2, 0.25) is 0 Å². The van der Waals surface area contributed by atoms with Gasteiger partial charge in [0.1, 0.15) is 18.2 Å². The molecule has 0 heterocycles. The van der Waals surface area contributed by atoms with Crippen LogP contribution in [0.3, 0.4) is 0 Å². The fourth-order valence-corrected chi connectivity index (χ4v) is 4.05. The highest BCUT2D eigenvalue weighted by Crippen LogP contribution is 2.38. The van der Waals surface area contributed by atoms with Crippen molar-refractivity contribution in [3.05, 3.63) is 83.7 Å². The van der Waals surface area contributed by atoms with Gasteiger partial charge < -0.3 is 15.4 Å². The van der Waals surface area contributed by atoms with E-state index >= 15 is 0 Å². The Morgan fingerprint density at radius 2 is 1.68 bits per heavy atom. The molecule has 37 heavy (non-hydrogen) atoms. The minimum absolute atomic E-state index is 0.00351. The smallest absolute Gasteiger partial charge is 0.418 e. The van der Waals surface area contributed by atoms with Gasteiger partial charge in [0, 0.05) is 17.8 Å². The number of halogens is 4. The highest BCUT2D eigenvalue weighted by atomic mass is 19.4. The molecule has 0 bridgehead atoms. The monoisotopic (exact) mass is 516 g/mol. The summed E-state index contributed by atoms with van der Waals surface area (Å²) in [7, 11) is 0. The average Bonchev–Trinajstić information content (AvgIpc) is 2.86. The highest BCUT2D eigenvalue weighted by molar-refractivity contribution is 5.91. The van der Waals surface area contributed by atoms with E-state index in [1.165, 1.54) is 36.4 Å². The summed E-state index contributed by atoms with van der Waals surface area (Å²) in [5, 5.41) is 5.64. The van der Waals surface area contributed by atoms with Crippen molar-refractivity contribution < 1.29 is 27.1 Å². The number of nitrogens with one attached hydrogen (secondary N) is 2. The van der Waals surface area contributed by atoms with Gasteiger partial charge in [-0.2, -0.15) is 13.2 Å². The number of ether oxygens (including phenoxy) is 1.